The number of imidazole rings is 1. The topological polar surface area (TPSA) is 57.9 Å². The van der Waals surface area contributed by atoms with Gasteiger partial charge in [-0.1, -0.05) is 18.2 Å². The van der Waals surface area contributed by atoms with Crippen molar-refractivity contribution in [3.8, 4) is 5.75 Å². The number of ether oxygens (including phenoxy) is 1. The average Bonchev–Trinajstić information content (AvgIpc) is 3.12. The number of hydrogen-bond donors (Lipinski definition) is 1. The van der Waals surface area contributed by atoms with Crippen LogP contribution in [-0.4, -0.2) is 67.3 Å². The zero-order valence-electron chi connectivity index (χ0n) is 18.0. The van der Waals surface area contributed by atoms with Crippen LogP contribution in [0.1, 0.15) is 5.82 Å². The van der Waals surface area contributed by atoms with E-state index in [2.05, 4.69) is 66.9 Å². The number of aryl methyl sites for hydroxylation is 1. The van der Waals surface area contributed by atoms with Gasteiger partial charge in [-0.3, -0.25) is 4.99 Å². The van der Waals surface area contributed by atoms with Crippen molar-refractivity contribution in [3.63, 3.8) is 0 Å². The van der Waals surface area contributed by atoms with Crippen molar-refractivity contribution < 1.29 is 4.74 Å². The van der Waals surface area contributed by atoms with Crippen molar-refractivity contribution in [2.45, 2.75) is 13.5 Å². The molecule has 0 radical (unpaired) electrons. The molecule has 1 saturated heterocycles. The van der Waals surface area contributed by atoms with Gasteiger partial charge in [-0.05, 0) is 31.2 Å². The van der Waals surface area contributed by atoms with Crippen LogP contribution >= 0.6 is 0 Å². The molecule has 30 heavy (non-hydrogen) atoms. The predicted molar refractivity (Wildman–Crippen MR) is 123 cm³/mol. The van der Waals surface area contributed by atoms with E-state index < -0.39 is 0 Å². The monoisotopic (exact) mass is 406 g/mol. The molecule has 7 nitrogen and oxygen atoms in total. The second-order valence-corrected chi connectivity index (χ2v) is 7.45. The van der Waals surface area contributed by atoms with E-state index >= 15 is 0 Å². The van der Waals surface area contributed by atoms with Gasteiger partial charge in [-0.25, -0.2) is 4.98 Å². The molecule has 2 aromatic carbocycles. The van der Waals surface area contributed by atoms with Crippen LogP contribution in [0.4, 0.5) is 5.69 Å². The number of aromatic nitrogens is 2. The molecule has 7 heteroatoms. The van der Waals surface area contributed by atoms with Crippen molar-refractivity contribution in [2.24, 2.45) is 4.99 Å². The fraction of sp³-hybridized carbons (Fsp3) is 0.391. The Morgan fingerprint density at radius 3 is 2.67 bits per heavy atom. The highest BCUT2D eigenvalue weighted by atomic mass is 16.5. The minimum atomic E-state index is 0.809. The molecule has 3 aromatic rings. The smallest absolute Gasteiger partial charge is 0.193 e. The second kappa shape index (κ2) is 9.07. The molecule has 1 aromatic heterocycles. The predicted octanol–water partition coefficient (Wildman–Crippen LogP) is 2.75. The van der Waals surface area contributed by atoms with Gasteiger partial charge in [0.25, 0.3) is 0 Å². The molecule has 4 rings (SSSR count). The van der Waals surface area contributed by atoms with Crippen molar-refractivity contribution in [2.75, 3.05) is 51.8 Å². The Labute approximate surface area is 178 Å². The van der Waals surface area contributed by atoms with Crippen LogP contribution < -0.4 is 15.0 Å². The van der Waals surface area contributed by atoms with Crippen LogP contribution in [0.5, 0.6) is 5.75 Å². The average molecular weight is 407 g/mol. The summed E-state index contributed by atoms with van der Waals surface area (Å²) in [4.78, 5) is 13.9. The lowest BCUT2D eigenvalue weighted by molar-refractivity contribution is 0.371. The van der Waals surface area contributed by atoms with Gasteiger partial charge in [0.2, 0.25) is 0 Å². The third-order valence-corrected chi connectivity index (χ3v) is 5.67. The quantitative estimate of drug-likeness (QED) is 0.522. The first-order valence-electron chi connectivity index (χ1n) is 10.5. The Morgan fingerprint density at radius 1 is 1.10 bits per heavy atom. The molecule has 0 atom stereocenters. The number of piperazine rings is 1. The maximum atomic E-state index is 5.36. The van der Waals surface area contributed by atoms with E-state index in [9.17, 15) is 0 Å². The maximum absolute atomic E-state index is 5.36. The van der Waals surface area contributed by atoms with E-state index in [1.54, 1.807) is 7.11 Å². The number of guanidine groups is 1. The Bertz CT molecular complexity index is 1020. The van der Waals surface area contributed by atoms with Gasteiger partial charge in [-0.15, -0.1) is 0 Å². The summed E-state index contributed by atoms with van der Waals surface area (Å²) in [5.74, 6) is 2.90. The fourth-order valence-electron chi connectivity index (χ4n) is 4.07. The lowest BCUT2D eigenvalue weighted by Crippen LogP contribution is -2.52. The van der Waals surface area contributed by atoms with Gasteiger partial charge >= 0.3 is 0 Å². The summed E-state index contributed by atoms with van der Waals surface area (Å²) in [5.41, 5.74) is 3.44. The Balaban J connectivity index is 1.32. The maximum Gasteiger partial charge on any atom is 0.193 e. The van der Waals surface area contributed by atoms with Crippen LogP contribution in [0.2, 0.25) is 0 Å². The number of aliphatic imine (C=N–C) groups is 1. The first-order valence-corrected chi connectivity index (χ1v) is 10.5. The summed E-state index contributed by atoms with van der Waals surface area (Å²) in [6.07, 6.45) is 0. The van der Waals surface area contributed by atoms with E-state index in [1.807, 2.05) is 25.2 Å². The number of rotatable bonds is 5. The Kier molecular flexibility index (Phi) is 6.07. The van der Waals surface area contributed by atoms with E-state index in [0.29, 0.717) is 0 Å². The largest absolute Gasteiger partial charge is 0.497 e. The molecule has 0 unspecified atom stereocenters. The molecular weight excluding hydrogens is 376 g/mol. The summed E-state index contributed by atoms with van der Waals surface area (Å²) in [6.45, 7) is 7.51. The minimum Gasteiger partial charge on any atom is -0.497 e. The van der Waals surface area contributed by atoms with Crippen LogP contribution in [-0.2, 0) is 6.54 Å². The van der Waals surface area contributed by atoms with E-state index in [-0.39, 0.29) is 0 Å². The van der Waals surface area contributed by atoms with Crippen molar-refractivity contribution in [3.05, 3.63) is 54.4 Å². The zero-order chi connectivity index (χ0) is 20.9. The summed E-state index contributed by atoms with van der Waals surface area (Å²) >= 11 is 0. The number of nitrogens with zero attached hydrogens (tertiary/aromatic N) is 5. The van der Waals surface area contributed by atoms with Gasteiger partial charge in [-0.2, -0.15) is 0 Å². The second-order valence-electron chi connectivity index (χ2n) is 7.45. The number of benzene rings is 2. The zero-order valence-corrected chi connectivity index (χ0v) is 18.0. The number of anilines is 1. The third-order valence-electron chi connectivity index (χ3n) is 5.67. The van der Waals surface area contributed by atoms with Crippen molar-refractivity contribution in [1.82, 2.24) is 19.8 Å². The molecule has 1 aliphatic rings. The molecule has 1 N–H and O–H groups in total. The third kappa shape index (κ3) is 4.20. The molecule has 0 amide bonds. The lowest BCUT2D eigenvalue weighted by atomic mass is 10.2. The van der Waals surface area contributed by atoms with Gasteiger partial charge < -0.3 is 24.4 Å². The van der Waals surface area contributed by atoms with Crippen LogP contribution in [0.25, 0.3) is 11.0 Å². The van der Waals surface area contributed by atoms with Gasteiger partial charge in [0.15, 0.2) is 5.96 Å². The van der Waals surface area contributed by atoms with E-state index in [1.165, 1.54) is 11.2 Å². The molecule has 1 fully saturated rings. The number of methoxy groups -OCH3 is 1. The van der Waals surface area contributed by atoms with Crippen LogP contribution in [0, 0.1) is 6.92 Å². The van der Waals surface area contributed by atoms with Gasteiger partial charge in [0.05, 0.1) is 18.1 Å². The molecule has 0 aliphatic carbocycles. The molecule has 1 aliphatic heterocycles. The highest BCUT2D eigenvalue weighted by molar-refractivity contribution is 5.80. The molecule has 2 heterocycles. The summed E-state index contributed by atoms with van der Waals surface area (Å²) in [6, 6.07) is 16.6. The molecular formula is C23H30N6O. The van der Waals surface area contributed by atoms with Crippen LogP contribution in [0.15, 0.2) is 53.5 Å². The summed E-state index contributed by atoms with van der Waals surface area (Å²) in [5, 5.41) is 3.53. The number of nitrogens with one attached hydrogen (secondary N) is 1. The first-order chi connectivity index (χ1) is 14.7. The van der Waals surface area contributed by atoms with Gasteiger partial charge in [0, 0.05) is 58.1 Å². The lowest BCUT2D eigenvalue weighted by Gasteiger charge is -2.37. The van der Waals surface area contributed by atoms with Gasteiger partial charge in [0.1, 0.15) is 11.6 Å². The van der Waals surface area contributed by atoms with Crippen molar-refractivity contribution >= 4 is 22.7 Å². The Morgan fingerprint density at radius 2 is 1.90 bits per heavy atom. The molecule has 0 bridgehead atoms. The Hall–Kier alpha value is -3.22. The highest BCUT2D eigenvalue weighted by Crippen LogP contribution is 2.22. The fourth-order valence-corrected chi connectivity index (χ4v) is 4.07. The minimum absolute atomic E-state index is 0.809. The molecule has 158 valence electrons. The highest BCUT2D eigenvalue weighted by Gasteiger charge is 2.20. The SMILES string of the molecule is CN=C(NCCn1c(C)nc2ccccc21)N1CCN(c2cccc(OC)c2)CC1. The molecule has 0 spiro atoms. The van der Waals surface area contributed by atoms with E-state index in [0.717, 1.165) is 62.3 Å². The van der Waals surface area contributed by atoms with Crippen molar-refractivity contribution in [1.29, 1.82) is 0 Å². The number of fused-ring (bicyclic) bond motifs is 1. The number of para-hydroxylation sites is 2. The van der Waals surface area contributed by atoms with Crippen LogP contribution in [0.3, 0.4) is 0 Å². The first kappa shape index (κ1) is 20.1. The summed E-state index contributed by atoms with van der Waals surface area (Å²) in [7, 11) is 3.56. The number of hydrogen-bond acceptors (Lipinski definition) is 4. The standard InChI is InChI=1S/C23H30N6O/c1-18-26-21-9-4-5-10-22(21)29(18)12-11-25-23(24-2)28-15-13-27(14-16-28)19-7-6-8-20(17-19)30-3/h4-10,17H,11-16H2,1-3H3,(H,24,25). The molecule has 0 saturated carbocycles. The van der Waals surface area contributed by atoms with E-state index in [4.69, 9.17) is 4.74 Å². The summed E-state index contributed by atoms with van der Waals surface area (Å²) < 4.78 is 7.62. The normalized spacial score (nSPS) is 15.0.